The standard InChI is InChI=1S/C21H23ClN4O3S/c1-15-8-17(9-16-4-3-5-18(22)10-16)11-19(24-15)20-12-26(6-7-29-20)30(27,28)21-13-25(2)14-23-21/h3-5,8,10-11,13-14,20H,6-7,9,12H2,1-2H3/t20-/m1/s1. The molecule has 0 N–H and O–H groups in total. The van der Waals surface area contributed by atoms with Gasteiger partial charge in [0.25, 0.3) is 10.0 Å². The second kappa shape index (κ2) is 8.47. The van der Waals surface area contributed by atoms with Gasteiger partial charge in [0.05, 0.1) is 18.6 Å². The maximum atomic E-state index is 12.9. The van der Waals surface area contributed by atoms with Crippen molar-refractivity contribution >= 4 is 21.6 Å². The summed E-state index contributed by atoms with van der Waals surface area (Å²) in [6.45, 7) is 2.72. The minimum atomic E-state index is -3.68. The van der Waals surface area contributed by atoms with E-state index in [0.717, 1.165) is 22.5 Å². The Balaban J connectivity index is 1.57. The number of sulfonamides is 1. The Morgan fingerprint density at radius 3 is 2.80 bits per heavy atom. The van der Waals surface area contributed by atoms with Gasteiger partial charge in [-0.3, -0.25) is 4.98 Å². The Morgan fingerprint density at radius 1 is 1.23 bits per heavy atom. The molecule has 1 fully saturated rings. The number of ether oxygens (including phenoxy) is 1. The first-order valence-corrected chi connectivity index (χ1v) is 11.4. The molecule has 1 atom stereocenters. The van der Waals surface area contributed by atoms with Crippen LogP contribution >= 0.6 is 11.6 Å². The van der Waals surface area contributed by atoms with Crippen molar-refractivity contribution in [3.8, 4) is 0 Å². The molecule has 1 aliphatic heterocycles. The Morgan fingerprint density at radius 2 is 2.07 bits per heavy atom. The van der Waals surface area contributed by atoms with Gasteiger partial charge in [0.15, 0.2) is 5.03 Å². The number of hydrogen-bond acceptors (Lipinski definition) is 5. The molecule has 1 aliphatic rings. The summed E-state index contributed by atoms with van der Waals surface area (Å²) in [5.74, 6) is 0. The van der Waals surface area contributed by atoms with Gasteiger partial charge < -0.3 is 9.30 Å². The smallest absolute Gasteiger partial charge is 0.262 e. The fourth-order valence-electron chi connectivity index (χ4n) is 3.59. The third-order valence-electron chi connectivity index (χ3n) is 4.97. The molecule has 0 unspecified atom stereocenters. The summed E-state index contributed by atoms with van der Waals surface area (Å²) < 4.78 is 34.8. The van der Waals surface area contributed by atoms with Gasteiger partial charge in [0, 0.05) is 37.1 Å². The minimum Gasteiger partial charge on any atom is -0.369 e. The van der Waals surface area contributed by atoms with E-state index in [1.165, 1.54) is 16.8 Å². The molecule has 0 saturated carbocycles. The van der Waals surface area contributed by atoms with E-state index in [9.17, 15) is 8.42 Å². The van der Waals surface area contributed by atoms with Gasteiger partial charge in [0.1, 0.15) is 6.10 Å². The molecule has 2 aromatic heterocycles. The van der Waals surface area contributed by atoms with Crippen molar-refractivity contribution in [1.82, 2.24) is 18.8 Å². The summed E-state index contributed by atoms with van der Waals surface area (Å²) in [6.07, 6.45) is 3.26. The van der Waals surface area contributed by atoms with Gasteiger partial charge in [-0.25, -0.2) is 13.4 Å². The summed E-state index contributed by atoms with van der Waals surface area (Å²) >= 11 is 6.10. The third kappa shape index (κ3) is 4.57. The summed E-state index contributed by atoms with van der Waals surface area (Å²) in [7, 11) is -1.93. The van der Waals surface area contributed by atoms with E-state index in [2.05, 4.69) is 9.97 Å². The van der Waals surface area contributed by atoms with Gasteiger partial charge in [-0.2, -0.15) is 4.31 Å². The topological polar surface area (TPSA) is 77.3 Å². The largest absolute Gasteiger partial charge is 0.369 e. The lowest BCUT2D eigenvalue weighted by atomic mass is 10.0. The highest BCUT2D eigenvalue weighted by atomic mass is 35.5. The molecule has 1 saturated heterocycles. The van der Waals surface area contributed by atoms with Gasteiger partial charge in [-0.1, -0.05) is 23.7 Å². The maximum Gasteiger partial charge on any atom is 0.262 e. The van der Waals surface area contributed by atoms with Crippen molar-refractivity contribution in [2.75, 3.05) is 19.7 Å². The zero-order chi connectivity index (χ0) is 21.3. The molecule has 9 heteroatoms. The molecule has 7 nitrogen and oxygen atoms in total. The molecule has 0 spiro atoms. The number of hydrogen-bond donors (Lipinski definition) is 0. The molecule has 0 amide bonds. The van der Waals surface area contributed by atoms with Crippen molar-refractivity contribution in [3.63, 3.8) is 0 Å². The fourth-order valence-corrected chi connectivity index (χ4v) is 5.20. The molecule has 0 radical (unpaired) electrons. The van der Waals surface area contributed by atoms with E-state index in [4.69, 9.17) is 16.3 Å². The van der Waals surface area contributed by atoms with Crippen LogP contribution in [-0.2, 0) is 28.2 Å². The fraction of sp³-hybridized carbons (Fsp3) is 0.333. The molecule has 3 heterocycles. The molecular weight excluding hydrogens is 424 g/mol. The van der Waals surface area contributed by atoms with Crippen LogP contribution in [0.3, 0.4) is 0 Å². The molecule has 0 aliphatic carbocycles. The lowest BCUT2D eigenvalue weighted by Crippen LogP contribution is -2.42. The molecule has 30 heavy (non-hydrogen) atoms. The van der Waals surface area contributed by atoms with E-state index in [0.29, 0.717) is 18.1 Å². The number of imidazole rings is 1. The van der Waals surface area contributed by atoms with Gasteiger partial charge in [-0.15, -0.1) is 0 Å². The highest BCUT2D eigenvalue weighted by molar-refractivity contribution is 7.89. The predicted octanol–water partition coefficient (Wildman–Crippen LogP) is 3.13. The first kappa shape index (κ1) is 21.0. The Kier molecular flexibility index (Phi) is 5.92. The van der Waals surface area contributed by atoms with Crippen molar-refractivity contribution in [3.05, 3.63) is 76.5 Å². The number of aryl methyl sites for hydroxylation is 2. The maximum absolute atomic E-state index is 12.9. The van der Waals surface area contributed by atoms with E-state index in [-0.39, 0.29) is 18.1 Å². The quantitative estimate of drug-likeness (QED) is 0.601. The summed E-state index contributed by atoms with van der Waals surface area (Å²) in [4.78, 5) is 8.63. The molecule has 4 rings (SSSR count). The molecule has 1 aromatic carbocycles. The average molecular weight is 447 g/mol. The first-order chi connectivity index (χ1) is 14.3. The highest BCUT2D eigenvalue weighted by Gasteiger charge is 2.33. The van der Waals surface area contributed by atoms with Crippen molar-refractivity contribution in [1.29, 1.82) is 0 Å². The Hall–Kier alpha value is -2.26. The van der Waals surface area contributed by atoms with E-state index in [1.54, 1.807) is 11.6 Å². The van der Waals surface area contributed by atoms with Crippen LogP contribution in [0.1, 0.15) is 28.6 Å². The van der Waals surface area contributed by atoms with Crippen molar-refractivity contribution in [2.24, 2.45) is 7.05 Å². The number of halogens is 1. The number of benzene rings is 1. The van der Waals surface area contributed by atoms with Crippen molar-refractivity contribution in [2.45, 2.75) is 24.5 Å². The van der Waals surface area contributed by atoms with E-state index >= 15 is 0 Å². The lowest BCUT2D eigenvalue weighted by molar-refractivity contribution is -0.00510. The second-order valence-electron chi connectivity index (χ2n) is 7.45. The lowest BCUT2D eigenvalue weighted by Gasteiger charge is -2.31. The molecule has 0 bridgehead atoms. The van der Waals surface area contributed by atoms with E-state index in [1.807, 2.05) is 43.3 Å². The zero-order valence-electron chi connectivity index (χ0n) is 16.8. The van der Waals surface area contributed by atoms with Crippen LogP contribution in [0.4, 0.5) is 0 Å². The van der Waals surface area contributed by atoms with Crippen LogP contribution in [0.25, 0.3) is 0 Å². The number of pyridine rings is 1. The number of rotatable bonds is 5. The summed E-state index contributed by atoms with van der Waals surface area (Å²) in [6, 6.07) is 11.7. The Labute approximate surface area is 181 Å². The number of morpholine rings is 1. The van der Waals surface area contributed by atoms with Gasteiger partial charge in [0.2, 0.25) is 0 Å². The normalized spacial score (nSPS) is 17.9. The number of aromatic nitrogens is 3. The summed E-state index contributed by atoms with van der Waals surface area (Å²) in [5.41, 5.74) is 3.77. The van der Waals surface area contributed by atoms with Crippen LogP contribution in [0, 0.1) is 6.92 Å². The Bertz CT molecular complexity index is 1160. The van der Waals surface area contributed by atoms with Crippen molar-refractivity contribution < 1.29 is 13.2 Å². The van der Waals surface area contributed by atoms with E-state index < -0.39 is 16.1 Å². The monoisotopic (exact) mass is 446 g/mol. The van der Waals surface area contributed by atoms with Gasteiger partial charge in [-0.05, 0) is 48.7 Å². The van der Waals surface area contributed by atoms with Crippen LogP contribution in [0.5, 0.6) is 0 Å². The minimum absolute atomic E-state index is 0.0458. The summed E-state index contributed by atoms with van der Waals surface area (Å²) in [5, 5.41) is 0.744. The molecular formula is C21H23ClN4O3S. The molecule has 3 aromatic rings. The first-order valence-electron chi connectivity index (χ1n) is 9.63. The molecule has 158 valence electrons. The van der Waals surface area contributed by atoms with Crippen LogP contribution in [0.15, 0.2) is 53.9 Å². The van der Waals surface area contributed by atoms with Crippen LogP contribution in [0.2, 0.25) is 5.02 Å². The van der Waals surface area contributed by atoms with Crippen LogP contribution in [-0.4, -0.2) is 47.0 Å². The van der Waals surface area contributed by atoms with Gasteiger partial charge >= 0.3 is 0 Å². The third-order valence-corrected chi connectivity index (χ3v) is 6.96. The average Bonchev–Trinajstić information content (AvgIpc) is 3.15. The van der Waals surface area contributed by atoms with Crippen LogP contribution < -0.4 is 0 Å². The highest BCUT2D eigenvalue weighted by Crippen LogP contribution is 2.26. The predicted molar refractivity (Wildman–Crippen MR) is 114 cm³/mol. The zero-order valence-corrected chi connectivity index (χ0v) is 18.4. The SMILES string of the molecule is Cc1cc(Cc2cccc(Cl)c2)cc([C@H]2CN(S(=O)(=O)c3cn(C)cn3)CCO2)n1. The number of nitrogens with zero attached hydrogens (tertiary/aromatic N) is 4. The second-order valence-corrected chi connectivity index (χ2v) is 9.77.